The molecule has 16 heteroatoms. The standard InChI is InChI=1S/C13H13F5O2.C11H15N5O4/c1-6-8(5-20-12(6)13(16,17)18)7-3-4-9(14)10(15)11(7)19-2;12-4-7(18)3-10(19)16-9-2-6(14-5-17)1-8(15-9)11(13)20/h3-4,6,8,12H,5H2,1-2H3;1-2,5,7,18H,3-4,12H2,(H2,13,20)(H2,14,15,16,17,19). The van der Waals surface area contributed by atoms with Gasteiger partial charge in [-0.1, -0.05) is 13.0 Å². The average Bonchev–Trinajstić information content (AvgIpc) is 3.27. The summed E-state index contributed by atoms with van der Waals surface area (Å²) in [6.45, 7) is 1.10. The summed E-state index contributed by atoms with van der Waals surface area (Å²) in [5.74, 6) is -5.60. The highest BCUT2D eigenvalue weighted by molar-refractivity contribution is 5.95. The number of nitrogens with two attached hydrogens (primary N) is 2. The van der Waals surface area contributed by atoms with E-state index in [-0.39, 0.29) is 48.1 Å². The van der Waals surface area contributed by atoms with Crippen LogP contribution in [0.2, 0.25) is 0 Å². The molecule has 0 radical (unpaired) electrons. The highest BCUT2D eigenvalue weighted by Gasteiger charge is 2.51. The van der Waals surface area contributed by atoms with Gasteiger partial charge in [0.25, 0.3) is 5.91 Å². The van der Waals surface area contributed by atoms with Crippen LogP contribution in [-0.4, -0.2) is 67.0 Å². The van der Waals surface area contributed by atoms with Crippen molar-refractivity contribution in [2.75, 3.05) is 30.9 Å². The quantitative estimate of drug-likeness (QED) is 0.222. The number of halogens is 5. The van der Waals surface area contributed by atoms with Crippen LogP contribution in [-0.2, 0) is 14.3 Å². The zero-order chi connectivity index (χ0) is 30.2. The number of ether oxygens (including phenoxy) is 2. The molecule has 1 aliphatic heterocycles. The number of primary amides is 1. The molecule has 1 fully saturated rings. The number of aromatic nitrogens is 1. The van der Waals surface area contributed by atoms with Crippen LogP contribution in [0, 0.1) is 17.6 Å². The number of nitrogens with one attached hydrogen (secondary N) is 2. The first-order valence-electron chi connectivity index (χ1n) is 11.6. The van der Waals surface area contributed by atoms with Crippen molar-refractivity contribution in [1.82, 2.24) is 4.98 Å². The van der Waals surface area contributed by atoms with Crippen molar-refractivity contribution in [2.24, 2.45) is 17.4 Å². The van der Waals surface area contributed by atoms with E-state index in [4.69, 9.17) is 20.9 Å². The molecular weight excluding hydrogens is 549 g/mol. The lowest BCUT2D eigenvalue weighted by atomic mass is 9.86. The molecule has 2 heterocycles. The second kappa shape index (κ2) is 14.0. The van der Waals surface area contributed by atoms with Crippen LogP contribution in [0.3, 0.4) is 0 Å². The molecule has 40 heavy (non-hydrogen) atoms. The number of aliphatic hydroxyl groups excluding tert-OH is 1. The van der Waals surface area contributed by atoms with Crippen LogP contribution >= 0.6 is 0 Å². The van der Waals surface area contributed by atoms with E-state index < -0.39 is 53.7 Å². The molecule has 1 aromatic carbocycles. The zero-order valence-corrected chi connectivity index (χ0v) is 21.3. The molecule has 3 rings (SSSR count). The summed E-state index contributed by atoms with van der Waals surface area (Å²) in [5, 5.41) is 13.9. The Hall–Kier alpha value is -3.89. The Balaban J connectivity index is 0.000000280. The summed E-state index contributed by atoms with van der Waals surface area (Å²) in [6.07, 6.45) is -7.17. The van der Waals surface area contributed by atoms with Gasteiger partial charge in [0.05, 0.1) is 26.2 Å². The number of alkyl halides is 3. The Kier molecular flexibility index (Phi) is 11.3. The topological polar surface area (TPSA) is 179 Å². The van der Waals surface area contributed by atoms with Gasteiger partial charge in [0.15, 0.2) is 17.7 Å². The highest BCUT2D eigenvalue weighted by Crippen LogP contribution is 2.45. The number of carbonyl (C=O) groups excluding carboxylic acids is 3. The fourth-order valence-electron chi connectivity index (χ4n) is 3.90. The summed E-state index contributed by atoms with van der Waals surface area (Å²) < 4.78 is 74.5. The molecule has 0 saturated carbocycles. The summed E-state index contributed by atoms with van der Waals surface area (Å²) in [7, 11) is 1.14. The van der Waals surface area contributed by atoms with Crippen molar-refractivity contribution in [3.63, 3.8) is 0 Å². The molecule has 1 saturated heterocycles. The number of pyridine rings is 1. The van der Waals surface area contributed by atoms with E-state index >= 15 is 0 Å². The second-order valence-electron chi connectivity index (χ2n) is 8.64. The Bertz CT molecular complexity index is 1220. The minimum absolute atomic E-state index is 0.0277. The van der Waals surface area contributed by atoms with Gasteiger partial charge >= 0.3 is 6.18 Å². The summed E-state index contributed by atoms with van der Waals surface area (Å²) in [6, 6.07) is 4.72. The molecule has 3 amide bonds. The van der Waals surface area contributed by atoms with E-state index in [0.717, 1.165) is 13.2 Å². The largest absolute Gasteiger partial charge is 0.493 e. The van der Waals surface area contributed by atoms with E-state index in [1.165, 1.54) is 25.1 Å². The maximum Gasteiger partial charge on any atom is 0.414 e. The molecule has 0 bridgehead atoms. The number of hydrogen-bond acceptors (Lipinski definition) is 8. The van der Waals surface area contributed by atoms with Gasteiger partial charge in [-0.15, -0.1) is 0 Å². The SMILES string of the molecule is COc1c(C2COC(C(F)(F)F)C2C)ccc(F)c1F.NCC(O)CC(=O)Nc1cc(NC=O)cc(C(N)=O)n1. The number of hydrogen-bond donors (Lipinski definition) is 5. The minimum Gasteiger partial charge on any atom is -0.493 e. The van der Waals surface area contributed by atoms with E-state index in [0.29, 0.717) is 6.41 Å². The third kappa shape index (κ3) is 8.30. The minimum atomic E-state index is -4.49. The molecule has 7 N–H and O–H groups in total. The number of aliphatic hydroxyl groups is 1. The van der Waals surface area contributed by atoms with Gasteiger partial charge in [-0.05, 0) is 12.1 Å². The van der Waals surface area contributed by atoms with Gasteiger partial charge in [-0.25, -0.2) is 9.37 Å². The van der Waals surface area contributed by atoms with Crippen molar-refractivity contribution in [3.05, 3.63) is 47.2 Å². The molecule has 4 atom stereocenters. The number of methoxy groups -OCH3 is 1. The molecular formula is C24H28F5N5O6. The number of benzene rings is 1. The van der Waals surface area contributed by atoms with Crippen molar-refractivity contribution in [1.29, 1.82) is 0 Å². The van der Waals surface area contributed by atoms with E-state index in [9.17, 15) is 41.4 Å². The van der Waals surface area contributed by atoms with Crippen molar-refractivity contribution < 1.29 is 50.9 Å². The molecule has 1 aliphatic rings. The maximum absolute atomic E-state index is 13.6. The van der Waals surface area contributed by atoms with Gasteiger partial charge in [-0.3, -0.25) is 14.4 Å². The van der Waals surface area contributed by atoms with Gasteiger partial charge < -0.3 is 36.7 Å². The lowest BCUT2D eigenvalue weighted by Crippen LogP contribution is -2.33. The highest BCUT2D eigenvalue weighted by atomic mass is 19.4. The van der Waals surface area contributed by atoms with E-state index in [2.05, 4.69) is 15.6 Å². The number of rotatable bonds is 9. The van der Waals surface area contributed by atoms with Crippen LogP contribution < -0.4 is 26.8 Å². The van der Waals surface area contributed by atoms with Crippen molar-refractivity contribution >= 4 is 29.7 Å². The predicted molar refractivity (Wildman–Crippen MR) is 131 cm³/mol. The molecule has 0 aliphatic carbocycles. The molecule has 1 aromatic heterocycles. The smallest absolute Gasteiger partial charge is 0.414 e. The predicted octanol–water partition coefficient (Wildman–Crippen LogP) is 2.05. The molecule has 2 aromatic rings. The Morgan fingerprint density at radius 1 is 1.30 bits per heavy atom. The van der Waals surface area contributed by atoms with Crippen molar-refractivity contribution in [2.45, 2.75) is 37.6 Å². The average molecular weight is 578 g/mol. The second-order valence-corrected chi connectivity index (χ2v) is 8.64. The lowest BCUT2D eigenvalue weighted by Gasteiger charge is -2.22. The van der Waals surface area contributed by atoms with Gasteiger partial charge in [0.2, 0.25) is 18.1 Å². The van der Waals surface area contributed by atoms with Crippen LogP contribution in [0.25, 0.3) is 0 Å². The number of carbonyl (C=O) groups is 3. The van der Waals surface area contributed by atoms with Crippen LogP contribution in [0.4, 0.5) is 33.5 Å². The fourth-order valence-corrected chi connectivity index (χ4v) is 3.90. The zero-order valence-electron chi connectivity index (χ0n) is 21.3. The van der Waals surface area contributed by atoms with Crippen LogP contribution in [0.5, 0.6) is 5.75 Å². The fraction of sp³-hybridized carbons (Fsp3) is 0.417. The van der Waals surface area contributed by atoms with Gasteiger partial charge in [0, 0.05) is 35.7 Å². The lowest BCUT2D eigenvalue weighted by molar-refractivity contribution is -0.215. The first-order chi connectivity index (χ1) is 18.7. The Morgan fingerprint density at radius 3 is 2.50 bits per heavy atom. The maximum atomic E-state index is 13.6. The monoisotopic (exact) mass is 577 g/mol. The number of nitrogens with zero attached hydrogens (tertiary/aromatic N) is 1. The van der Waals surface area contributed by atoms with Gasteiger partial charge in [0.1, 0.15) is 11.5 Å². The molecule has 0 spiro atoms. The summed E-state index contributed by atoms with van der Waals surface area (Å²) in [5.41, 5.74) is 10.6. The van der Waals surface area contributed by atoms with Crippen LogP contribution in [0.1, 0.15) is 35.3 Å². The normalized spacial score (nSPS) is 19.2. The molecule has 11 nitrogen and oxygen atoms in total. The first kappa shape index (κ1) is 32.3. The van der Waals surface area contributed by atoms with Crippen molar-refractivity contribution in [3.8, 4) is 5.75 Å². The number of amides is 3. The molecule has 220 valence electrons. The Labute approximate surface area is 225 Å². The Morgan fingerprint density at radius 2 is 1.98 bits per heavy atom. The third-order valence-electron chi connectivity index (χ3n) is 5.84. The first-order valence-corrected chi connectivity index (χ1v) is 11.6. The van der Waals surface area contributed by atoms with Gasteiger partial charge in [-0.2, -0.15) is 17.6 Å². The summed E-state index contributed by atoms with van der Waals surface area (Å²) >= 11 is 0. The van der Waals surface area contributed by atoms with Crippen LogP contribution in [0.15, 0.2) is 24.3 Å². The third-order valence-corrected chi connectivity index (χ3v) is 5.84. The van der Waals surface area contributed by atoms with E-state index in [1.54, 1.807) is 0 Å². The number of anilines is 2. The molecule has 4 unspecified atom stereocenters. The van der Waals surface area contributed by atoms with E-state index in [1.807, 2.05) is 0 Å². The summed E-state index contributed by atoms with van der Waals surface area (Å²) in [4.78, 5) is 36.9.